The van der Waals surface area contributed by atoms with Crippen LogP contribution >= 0.6 is 0 Å². The van der Waals surface area contributed by atoms with Gasteiger partial charge < -0.3 is 39.4 Å². The number of nitrogens with zero attached hydrogens (tertiary/aromatic N) is 3. The number of rotatable bonds is 9. The predicted molar refractivity (Wildman–Crippen MR) is 212 cm³/mol. The molecule has 1 heterocycles. The fourth-order valence-electron chi connectivity index (χ4n) is 7.03. The van der Waals surface area contributed by atoms with Gasteiger partial charge in [0, 0.05) is 17.1 Å². The zero-order valence-electron chi connectivity index (χ0n) is 31.6. The van der Waals surface area contributed by atoms with Crippen LogP contribution in [-0.2, 0) is 12.3 Å². The Morgan fingerprint density at radius 1 is 0.396 bits per heavy atom. The topological polar surface area (TPSA) is 98.1 Å². The van der Waals surface area contributed by atoms with E-state index in [4.69, 9.17) is 12.3 Å². The van der Waals surface area contributed by atoms with E-state index in [1.165, 1.54) is 0 Å². The molecule has 0 aromatic heterocycles. The molecule has 0 radical (unpaired) electrons. The normalized spacial score (nSPS) is 23.6. The van der Waals surface area contributed by atoms with Crippen LogP contribution in [0.25, 0.3) is 0 Å². The molecule has 15 heteroatoms. The van der Waals surface area contributed by atoms with E-state index in [-0.39, 0.29) is 0 Å². The highest BCUT2D eigenvalue weighted by Crippen LogP contribution is 2.45. The molecule has 0 atom stereocenters. The summed E-state index contributed by atoms with van der Waals surface area (Å²) < 4.78 is 26.4. The molecule has 3 aromatic rings. The van der Waals surface area contributed by atoms with Crippen LogP contribution in [0, 0.1) is 41.5 Å². The summed E-state index contributed by atoms with van der Waals surface area (Å²) in [4.78, 5) is 40.0. The molecule has 4 rings (SSSR count). The number of hydrogen-bond donors (Lipinski definition) is 3. The van der Waals surface area contributed by atoms with E-state index >= 15 is 0 Å². The van der Waals surface area contributed by atoms with Gasteiger partial charge in [-0.05, 0) is 74.9 Å². The zero-order valence-corrected chi connectivity index (χ0v) is 37.6. The maximum absolute atomic E-state index is 13.3. The van der Waals surface area contributed by atoms with Crippen molar-refractivity contribution in [1.29, 1.82) is 0 Å². The predicted octanol–water partition coefficient (Wildman–Crippen LogP) is 7.21. The molecule has 0 amide bonds. The average Bonchev–Trinajstić information content (AvgIpc) is 2.87. The molecule has 3 N–H and O–H groups in total. The van der Waals surface area contributed by atoms with Gasteiger partial charge in [0.1, 0.15) is 24.7 Å². The van der Waals surface area contributed by atoms with E-state index in [2.05, 4.69) is 58.9 Å². The van der Waals surface area contributed by atoms with Gasteiger partial charge in [-0.3, -0.25) is 0 Å². The van der Waals surface area contributed by atoms with Crippen molar-refractivity contribution >= 4 is 68.7 Å². The summed E-state index contributed by atoms with van der Waals surface area (Å²) in [5, 5.41) is 0. The van der Waals surface area contributed by atoms with Crippen LogP contribution in [0.2, 0.25) is 58.9 Å². The third-order valence-electron chi connectivity index (χ3n) is 8.65. The van der Waals surface area contributed by atoms with Crippen LogP contribution in [-0.4, -0.2) is 66.0 Å². The minimum Gasteiger partial charge on any atom is -0.374 e. The summed E-state index contributed by atoms with van der Waals surface area (Å²) in [6, 6.07) is 18.0. The molecule has 264 valence electrons. The number of aryl methyl sites for hydroxylation is 6. The molecule has 1 saturated heterocycles. The van der Waals surface area contributed by atoms with E-state index in [0.717, 1.165) is 50.4 Å². The Morgan fingerprint density at radius 3 is 0.708 bits per heavy atom. The Kier molecular flexibility index (Phi) is 10.6. The van der Waals surface area contributed by atoms with Gasteiger partial charge in [-0.15, -0.1) is 0 Å². The molecule has 0 spiro atoms. The molecular formula is C33H57N3O6Si6. The Morgan fingerprint density at radius 2 is 0.562 bits per heavy atom. The summed E-state index contributed by atoms with van der Waals surface area (Å²) in [6.07, 6.45) is 0. The van der Waals surface area contributed by atoms with Gasteiger partial charge in [-0.25, -0.2) is 0 Å². The highest BCUT2D eigenvalue weighted by Gasteiger charge is 2.76. The van der Waals surface area contributed by atoms with Gasteiger partial charge in [0.25, 0.3) is 0 Å². The maximum Gasteiger partial charge on any atom is 0.610 e. The molecule has 0 unspecified atom stereocenters. The number of hydrogen-bond acceptors (Lipinski definition) is 9. The van der Waals surface area contributed by atoms with Gasteiger partial charge in [-0.1, -0.05) is 114 Å². The summed E-state index contributed by atoms with van der Waals surface area (Å²) >= 11 is 0. The Bertz CT molecular complexity index is 1410. The zero-order chi connectivity index (χ0) is 36.4. The minimum absolute atomic E-state index is 0.804. The lowest BCUT2D eigenvalue weighted by Gasteiger charge is -2.58. The fraction of sp³-hybridized carbons (Fsp3) is 0.455. The highest BCUT2D eigenvalue weighted by molar-refractivity contribution is 7.06. The average molecular weight is 760 g/mol. The van der Waals surface area contributed by atoms with Crippen LogP contribution in [0.4, 0.5) is 17.1 Å². The SMILES string of the molecule is Cc1cccc(C)c1N([Si](C)(C)C)[Si]1(O)O[Si](O)(N(c2c(C)cccc2C)[Si](C)(C)C)O[Si](O)(N(c2c(C)cccc2C)[Si](C)(C)C)O1. The number of benzene rings is 3. The van der Waals surface area contributed by atoms with Gasteiger partial charge in [0.05, 0.1) is 0 Å². The van der Waals surface area contributed by atoms with Crippen molar-refractivity contribution in [2.45, 2.75) is 100 Å². The molecule has 1 fully saturated rings. The van der Waals surface area contributed by atoms with Crippen LogP contribution in [0.3, 0.4) is 0 Å². The molecule has 0 saturated carbocycles. The van der Waals surface area contributed by atoms with Crippen LogP contribution in [0.1, 0.15) is 33.4 Å². The fourth-order valence-corrected chi connectivity index (χ4v) is 32.6. The summed E-state index contributed by atoms with van der Waals surface area (Å²) in [5.74, 6) is 0. The van der Waals surface area contributed by atoms with E-state index in [1.54, 1.807) is 0 Å². The van der Waals surface area contributed by atoms with Gasteiger partial charge in [0.2, 0.25) is 0 Å². The first-order valence-corrected chi connectivity index (χ1v) is 32.1. The Hall–Kier alpha value is -1.88. The molecule has 0 aliphatic carbocycles. The van der Waals surface area contributed by atoms with E-state index < -0.39 is 51.6 Å². The van der Waals surface area contributed by atoms with Crippen molar-refractivity contribution in [2.24, 2.45) is 0 Å². The Labute approximate surface area is 295 Å². The van der Waals surface area contributed by atoms with E-state index in [1.807, 2.05) is 109 Å². The van der Waals surface area contributed by atoms with Gasteiger partial charge in [0.15, 0.2) is 0 Å². The van der Waals surface area contributed by atoms with Crippen LogP contribution < -0.4 is 12.7 Å². The molecule has 1 aliphatic rings. The summed E-state index contributed by atoms with van der Waals surface area (Å²) in [6.45, 7) is 31.2. The van der Waals surface area contributed by atoms with Gasteiger partial charge in [-0.2, -0.15) is 0 Å². The molecule has 3 aromatic carbocycles. The second-order valence-electron chi connectivity index (χ2n) is 16.2. The number of para-hydroxylation sites is 3. The largest absolute Gasteiger partial charge is 0.610 e. The first-order chi connectivity index (χ1) is 21.8. The molecule has 1 aliphatic heterocycles. The first kappa shape index (κ1) is 38.9. The summed E-state index contributed by atoms with van der Waals surface area (Å²) in [5.41, 5.74) is 8.09. The molecule has 48 heavy (non-hydrogen) atoms. The van der Waals surface area contributed by atoms with Crippen molar-refractivity contribution in [1.82, 2.24) is 0 Å². The second-order valence-corrected chi connectivity index (χ2v) is 39.0. The quantitative estimate of drug-likeness (QED) is 0.196. The van der Waals surface area contributed by atoms with E-state index in [0.29, 0.717) is 0 Å². The molecular weight excluding hydrogens is 703 g/mol. The van der Waals surface area contributed by atoms with Crippen molar-refractivity contribution in [3.63, 3.8) is 0 Å². The highest BCUT2D eigenvalue weighted by atomic mass is 28.6. The lowest BCUT2D eigenvalue weighted by molar-refractivity contribution is 0.0695. The minimum atomic E-state index is -4.74. The standard InChI is InChI=1S/C33H57N3O6Si6/c1-25-19-16-20-26(2)31(25)34(43(7,8)9)46(37)40-47(38,35(44(10,11)12)32-27(3)21-17-22-28(32)4)42-48(39,41-46)36(45(13,14)15)33-29(5)23-18-24-30(33)6/h16-24,37-39H,1-15H3. The van der Waals surface area contributed by atoms with E-state index in [9.17, 15) is 14.4 Å². The smallest absolute Gasteiger partial charge is 0.374 e. The van der Waals surface area contributed by atoms with Crippen LogP contribution in [0.5, 0.6) is 0 Å². The van der Waals surface area contributed by atoms with Crippen molar-refractivity contribution < 1.29 is 26.7 Å². The lowest BCUT2D eigenvalue weighted by Crippen LogP contribution is -2.88. The second kappa shape index (κ2) is 13.0. The number of anilines is 3. The maximum atomic E-state index is 13.3. The third kappa shape index (κ3) is 7.28. The molecule has 0 bridgehead atoms. The molecule has 9 nitrogen and oxygen atoms in total. The van der Waals surface area contributed by atoms with Crippen LogP contribution in [0.15, 0.2) is 54.6 Å². The van der Waals surface area contributed by atoms with Crippen molar-refractivity contribution in [3.8, 4) is 0 Å². The van der Waals surface area contributed by atoms with Gasteiger partial charge >= 0.3 is 26.9 Å². The Balaban J connectivity index is 2.16. The third-order valence-corrected chi connectivity index (χ3v) is 30.7. The first-order valence-electron chi connectivity index (χ1n) is 16.6. The lowest BCUT2D eigenvalue weighted by atomic mass is 10.1. The van der Waals surface area contributed by atoms with Crippen molar-refractivity contribution in [2.75, 3.05) is 12.7 Å². The summed E-state index contributed by atoms with van der Waals surface area (Å²) in [7, 11) is -22.0. The van der Waals surface area contributed by atoms with Crippen molar-refractivity contribution in [3.05, 3.63) is 88.0 Å². The monoisotopic (exact) mass is 759 g/mol.